The van der Waals surface area contributed by atoms with Crippen LogP contribution in [0.15, 0.2) is 73.3 Å². The van der Waals surface area contributed by atoms with Gasteiger partial charge in [0.25, 0.3) is 11.9 Å². The van der Waals surface area contributed by atoms with E-state index >= 15 is 0 Å². The summed E-state index contributed by atoms with van der Waals surface area (Å²) in [4.78, 5) is 24.2. The van der Waals surface area contributed by atoms with Crippen molar-refractivity contribution in [3.05, 3.63) is 95.7 Å². The number of carbonyl (C=O) groups excluding carboxylic acids is 1. The van der Waals surface area contributed by atoms with Crippen LogP contribution < -0.4 is 5.32 Å². The minimum absolute atomic E-state index is 0.0654. The standard InChI is InChI=1S/C21H15F3N6O2/c22-21(23,24)16-8-7-14(11-25-16)17(13-5-2-1-3-6-13)28-18(31)15-12-26-20(29-19(15)32)30-10-4-9-27-30/h1-12,17H,(H,28,31)(H,26,29,32)/t17-/m0/s1. The van der Waals surface area contributed by atoms with Crippen molar-refractivity contribution >= 4 is 5.91 Å². The quantitative estimate of drug-likeness (QED) is 0.493. The van der Waals surface area contributed by atoms with Gasteiger partial charge >= 0.3 is 6.18 Å². The molecule has 1 amide bonds. The van der Waals surface area contributed by atoms with Crippen molar-refractivity contribution in [2.45, 2.75) is 12.2 Å². The van der Waals surface area contributed by atoms with Crippen LogP contribution in [0.1, 0.15) is 33.2 Å². The van der Waals surface area contributed by atoms with Crippen LogP contribution in [0.2, 0.25) is 0 Å². The van der Waals surface area contributed by atoms with Crippen LogP contribution in [0.3, 0.4) is 0 Å². The lowest BCUT2D eigenvalue weighted by atomic mass is 9.99. The number of nitrogens with zero attached hydrogens (tertiary/aromatic N) is 5. The van der Waals surface area contributed by atoms with Gasteiger partial charge in [-0.25, -0.2) is 9.67 Å². The number of carbonyl (C=O) groups is 1. The highest BCUT2D eigenvalue weighted by Crippen LogP contribution is 2.29. The number of hydrogen-bond donors (Lipinski definition) is 2. The maximum atomic E-state index is 12.9. The molecule has 3 heterocycles. The largest absolute Gasteiger partial charge is 0.493 e. The van der Waals surface area contributed by atoms with E-state index in [1.807, 2.05) is 0 Å². The molecule has 0 saturated heterocycles. The van der Waals surface area contributed by atoms with E-state index in [4.69, 9.17) is 0 Å². The lowest BCUT2D eigenvalue weighted by molar-refractivity contribution is -0.141. The molecule has 0 aliphatic heterocycles. The van der Waals surface area contributed by atoms with Gasteiger partial charge in [0.15, 0.2) is 0 Å². The van der Waals surface area contributed by atoms with E-state index in [0.717, 1.165) is 18.5 Å². The molecule has 0 saturated carbocycles. The van der Waals surface area contributed by atoms with Crippen LogP contribution >= 0.6 is 0 Å². The van der Waals surface area contributed by atoms with Gasteiger partial charge in [-0.05, 0) is 23.3 Å². The fourth-order valence-electron chi connectivity index (χ4n) is 2.98. The number of hydrogen-bond acceptors (Lipinski definition) is 6. The van der Waals surface area contributed by atoms with Crippen molar-refractivity contribution in [3.63, 3.8) is 0 Å². The summed E-state index contributed by atoms with van der Waals surface area (Å²) >= 11 is 0. The van der Waals surface area contributed by atoms with Crippen LogP contribution in [0.25, 0.3) is 5.95 Å². The Labute approximate surface area is 179 Å². The third kappa shape index (κ3) is 4.41. The molecule has 0 radical (unpaired) electrons. The Morgan fingerprint density at radius 1 is 1.00 bits per heavy atom. The highest BCUT2D eigenvalue weighted by atomic mass is 19.4. The maximum absolute atomic E-state index is 12.9. The number of amides is 1. The van der Waals surface area contributed by atoms with E-state index in [-0.39, 0.29) is 11.5 Å². The molecule has 2 N–H and O–H groups in total. The topological polar surface area (TPSA) is 106 Å². The van der Waals surface area contributed by atoms with E-state index in [0.29, 0.717) is 11.1 Å². The summed E-state index contributed by atoms with van der Waals surface area (Å²) in [6, 6.07) is 11.5. The van der Waals surface area contributed by atoms with E-state index in [1.165, 1.54) is 16.9 Å². The van der Waals surface area contributed by atoms with E-state index in [1.54, 1.807) is 42.6 Å². The molecule has 0 aliphatic carbocycles. The number of halogens is 3. The Kier molecular flexibility index (Phi) is 5.54. The number of pyridine rings is 1. The molecule has 1 atom stereocenters. The third-order valence-corrected chi connectivity index (χ3v) is 4.53. The number of benzene rings is 1. The summed E-state index contributed by atoms with van der Waals surface area (Å²) < 4.78 is 39.9. The van der Waals surface area contributed by atoms with Crippen molar-refractivity contribution in [3.8, 4) is 11.8 Å². The summed E-state index contributed by atoms with van der Waals surface area (Å²) in [5.74, 6) is -1.22. The summed E-state index contributed by atoms with van der Waals surface area (Å²) in [7, 11) is 0. The molecule has 162 valence electrons. The second-order valence-corrected chi connectivity index (χ2v) is 6.65. The zero-order valence-electron chi connectivity index (χ0n) is 16.2. The van der Waals surface area contributed by atoms with Gasteiger partial charge in [0, 0.05) is 24.8 Å². The van der Waals surface area contributed by atoms with Crippen LogP contribution in [0, 0.1) is 0 Å². The molecule has 0 bridgehead atoms. The van der Waals surface area contributed by atoms with Crippen LogP contribution in [-0.4, -0.2) is 35.7 Å². The molecule has 32 heavy (non-hydrogen) atoms. The molecular formula is C21H15F3N6O2. The SMILES string of the molecule is O=C(N[C@@H](c1ccccc1)c1ccc(C(F)(F)F)nc1)c1cnc(-n2cccn2)nc1O. The normalized spacial score (nSPS) is 12.3. The van der Waals surface area contributed by atoms with E-state index in [2.05, 4.69) is 25.4 Å². The first-order valence-corrected chi connectivity index (χ1v) is 9.28. The van der Waals surface area contributed by atoms with Gasteiger partial charge in [0.05, 0.1) is 6.04 Å². The Morgan fingerprint density at radius 3 is 2.38 bits per heavy atom. The van der Waals surface area contributed by atoms with Gasteiger partial charge in [-0.2, -0.15) is 23.3 Å². The molecule has 11 heteroatoms. The number of rotatable bonds is 5. The Bertz CT molecular complexity index is 1210. The summed E-state index contributed by atoms with van der Waals surface area (Å²) in [6.07, 6.45) is 0.685. The van der Waals surface area contributed by atoms with Crippen molar-refractivity contribution < 1.29 is 23.1 Å². The summed E-state index contributed by atoms with van der Waals surface area (Å²) in [6.45, 7) is 0. The number of aromatic nitrogens is 5. The van der Waals surface area contributed by atoms with Crippen molar-refractivity contribution in [2.75, 3.05) is 0 Å². The van der Waals surface area contributed by atoms with Gasteiger partial charge in [-0.15, -0.1) is 0 Å². The predicted molar refractivity (Wildman–Crippen MR) is 106 cm³/mol. The maximum Gasteiger partial charge on any atom is 0.433 e. The monoisotopic (exact) mass is 440 g/mol. The van der Waals surface area contributed by atoms with Crippen LogP contribution in [0.4, 0.5) is 13.2 Å². The van der Waals surface area contributed by atoms with Gasteiger partial charge in [0.2, 0.25) is 5.88 Å². The van der Waals surface area contributed by atoms with Gasteiger partial charge < -0.3 is 10.4 Å². The Morgan fingerprint density at radius 2 is 1.78 bits per heavy atom. The average Bonchev–Trinajstić information content (AvgIpc) is 3.32. The Hall–Kier alpha value is -4.28. The smallest absolute Gasteiger partial charge is 0.433 e. The molecule has 1 aromatic carbocycles. The summed E-state index contributed by atoms with van der Waals surface area (Å²) in [5, 5.41) is 16.9. The molecule has 0 fully saturated rings. The Balaban J connectivity index is 1.64. The first-order chi connectivity index (χ1) is 15.3. The lowest BCUT2D eigenvalue weighted by Crippen LogP contribution is -2.30. The summed E-state index contributed by atoms with van der Waals surface area (Å²) in [5.41, 5.74) is -0.316. The van der Waals surface area contributed by atoms with Crippen LogP contribution in [0.5, 0.6) is 5.88 Å². The number of alkyl halides is 3. The van der Waals surface area contributed by atoms with E-state index in [9.17, 15) is 23.1 Å². The zero-order chi connectivity index (χ0) is 22.7. The van der Waals surface area contributed by atoms with E-state index < -0.39 is 29.7 Å². The minimum Gasteiger partial charge on any atom is -0.493 e. The average molecular weight is 440 g/mol. The van der Waals surface area contributed by atoms with Crippen molar-refractivity contribution in [1.29, 1.82) is 0 Å². The molecule has 0 spiro atoms. The first kappa shape index (κ1) is 21.0. The number of nitrogens with one attached hydrogen (secondary N) is 1. The predicted octanol–water partition coefficient (Wildman–Crippen LogP) is 3.30. The fraction of sp³-hybridized carbons (Fsp3) is 0.0952. The second kappa shape index (κ2) is 8.46. The molecule has 4 rings (SSSR count). The van der Waals surface area contributed by atoms with Crippen molar-refractivity contribution in [2.24, 2.45) is 0 Å². The van der Waals surface area contributed by atoms with Crippen LogP contribution in [-0.2, 0) is 6.18 Å². The minimum atomic E-state index is -4.58. The second-order valence-electron chi connectivity index (χ2n) is 6.65. The zero-order valence-corrected chi connectivity index (χ0v) is 16.2. The molecule has 8 nitrogen and oxygen atoms in total. The lowest BCUT2D eigenvalue weighted by Gasteiger charge is -2.20. The number of aromatic hydroxyl groups is 1. The molecule has 0 unspecified atom stereocenters. The van der Waals surface area contributed by atoms with Crippen molar-refractivity contribution in [1.82, 2.24) is 30.0 Å². The molecule has 0 aliphatic rings. The molecule has 3 aromatic heterocycles. The van der Waals surface area contributed by atoms with Gasteiger partial charge in [-0.3, -0.25) is 9.78 Å². The molecule has 4 aromatic rings. The third-order valence-electron chi connectivity index (χ3n) is 4.53. The first-order valence-electron chi connectivity index (χ1n) is 9.28. The van der Waals surface area contributed by atoms with Gasteiger partial charge in [-0.1, -0.05) is 36.4 Å². The highest BCUT2D eigenvalue weighted by Gasteiger charge is 2.32. The van der Waals surface area contributed by atoms with Gasteiger partial charge in [0.1, 0.15) is 11.3 Å². The highest BCUT2D eigenvalue weighted by molar-refractivity contribution is 5.96. The fourth-order valence-corrected chi connectivity index (χ4v) is 2.98. The molecular weight excluding hydrogens is 425 g/mol.